The fourth-order valence-corrected chi connectivity index (χ4v) is 2.51. The molecule has 0 unspecified atom stereocenters. The monoisotopic (exact) mass is 371 g/mol. The molecule has 0 aliphatic heterocycles. The molecule has 0 heterocycles. The number of benzene rings is 2. The summed E-state index contributed by atoms with van der Waals surface area (Å²) in [4.78, 5) is 36.4. The number of ether oxygens (including phenoxy) is 1. The van der Waals surface area contributed by atoms with Crippen LogP contribution in [-0.4, -0.2) is 37.5 Å². The molecule has 0 bridgehead atoms. The van der Waals surface area contributed by atoms with Crippen LogP contribution in [0.15, 0.2) is 48.5 Å². The minimum Gasteiger partial charge on any atom is -0.452 e. The van der Waals surface area contributed by atoms with E-state index in [2.05, 4.69) is 5.32 Å². The molecule has 142 valence electrons. The third kappa shape index (κ3) is 5.27. The summed E-state index contributed by atoms with van der Waals surface area (Å²) in [5, 5.41) is 13.7. The van der Waals surface area contributed by atoms with Crippen molar-refractivity contribution in [3.05, 3.63) is 69.8 Å². The Balaban J connectivity index is 2.03. The highest BCUT2D eigenvalue weighted by molar-refractivity contribution is 5.97. The highest BCUT2D eigenvalue weighted by atomic mass is 16.6. The number of anilines is 1. The molecule has 1 amide bonds. The summed E-state index contributed by atoms with van der Waals surface area (Å²) in [5.74, 6) is -1.26. The van der Waals surface area contributed by atoms with Crippen LogP contribution in [0.2, 0.25) is 0 Å². The number of nitro groups is 1. The number of non-ortho nitro benzene ring substituents is 1. The summed E-state index contributed by atoms with van der Waals surface area (Å²) in [6.45, 7) is 1.34. The second-order valence-corrected chi connectivity index (χ2v) is 6.13. The van der Waals surface area contributed by atoms with Crippen molar-refractivity contribution in [3.8, 4) is 0 Å². The summed E-state index contributed by atoms with van der Waals surface area (Å²) >= 11 is 0. The quantitative estimate of drug-likeness (QED) is 0.456. The lowest BCUT2D eigenvalue weighted by Crippen LogP contribution is -2.31. The van der Waals surface area contributed by atoms with Gasteiger partial charge >= 0.3 is 5.97 Å². The summed E-state index contributed by atoms with van der Waals surface area (Å²) in [6, 6.07) is 13.0. The molecule has 2 aromatic rings. The van der Waals surface area contributed by atoms with E-state index in [1.54, 1.807) is 19.0 Å². The first-order valence-corrected chi connectivity index (χ1v) is 8.26. The van der Waals surface area contributed by atoms with Gasteiger partial charge in [0.2, 0.25) is 0 Å². The summed E-state index contributed by atoms with van der Waals surface area (Å²) in [7, 11) is 3.40. The molecule has 0 fully saturated rings. The van der Waals surface area contributed by atoms with Crippen molar-refractivity contribution in [2.24, 2.45) is 0 Å². The number of hydrogen-bond donors (Lipinski definition) is 1. The second-order valence-electron chi connectivity index (χ2n) is 6.13. The second kappa shape index (κ2) is 8.79. The predicted octanol–water partition coefficient (Wildman–Crippen LogP) is 2.70. The molecule has 0 aromatic heterocycles. The van der Waals surface area contributed by atoms with Crippen LogP contribution in [0.4, 0.5) is 11.4 Å². The normalized spacial score (nSPS) is 11.4. The first kappa shape index (κ1) is 19.9. The van der Waals surface area contributed by atoms with Gasteiger partial charge in [-0.05, 0) is 18.6 Å². The van der Waals surface area contributed by atoms with E-state index in [1.165, 1.54) is 12.1 Å². The molecule has 1 atom stereocenters. The van der Waals surface area contributed by atoms with E-state index in [4.69, 9.17) is 4.74 Å². The van der Waals surface area contributed by atoms with E-state index >= 15 is 0 Å². The zero-order valence-corrected chi connectivity index (χ0v) is 15.3. The first-order valence-electron chi connectivity index (χ1n) is 8.26. The van der Waals surface area contributed by atoms with Crippen molar-refractivity contribution in [1.29, 1.82) is 0 Å². The SMILES string of the molecule is C[C@H](NC(=O)COC(=O)c1cc([N+](=O)[O-])ccc1N(C)C)c1ccccc1. The largest absolute Gasteiger partial charge is 0.452 e. The third-order valence-corrected chi connectivity index (χ3v) is 3.90. The number of carbonyl (C=O) groups is 2. The maximum atomic E-state index is 12.4. The fraction of sp³-hybridized carbons (Fsp3) is 0.263. The smallest absolute Gasteiger partial charge is 0.341 e. The highest BCUT2D eigenvalue weighted by Gasteiger charge is 2.20. The molecule has 2 rings (SSSR count). The van der Waals surface area contributed by atoms with Crippen LogP contribution < -0.4 is 10.2 Å². The van der Waals surface area contributed by atoms with Crippen molar-refractivity contribution in [2.75, 3.05) is 25.6 Å². The molecule has 8 heteroatoms. The van der Waals surface area contributed by atoms with E-state index in [-0.39, 0.29) is 17.3 Å². The molecule has 0 radical (unpaired) electrons. The topological polar surface area (TPSA) is 102 Å². The van der Waals surface area contributed by atoms with Gasteiger partial charge in [-0.25, -0.2) is 4.79 Å². The van der Waals surface area contributed by atoms with Gasteiger partial charge in [-0.3, -0.25) is 14.9 Å². The standard InChI is InChI=1S/C19H21N3O5/c1-13(14-7-5-4-6-8-14)20-18(23)12-27-19(24)16-11-15(22(25)26)9-10-17(16)21(2)3/h4-11,13H,12H2,1-3H3,(H,20,23)/t13-/m0/s1. The van der Waals surface area contributed by atoms with Crippen LogP contribution in [-0.2, 0) is 9.53 Å². The number of carbonyl (C=O) groups excluding carboxylic acids is 2. The van der Waals surface area contributed by atoms with Gasteiger partial charge in [0.25, 0.3) is 11.6 Å². The van der Waals surface area contributed by atoms with Crippen LogP contribution in [0.3, 0.4) is 0 Å². The van der Waals surface area contributed by atoms with E-state index in [1.807, 2.05) is 37.3 Å². The average Bonchev–Trinajstić information content (AvgIpc) is 2.66. The van der Waals surface area contributed by atoms with Crippen molar-refractivity contribution in [3.63, 3.8) is 0 Å². The highest BCUT2D eigenvalue weighted by Crippen LogP contribution is 2.25. The Morgan fingerprint density at radius 3 is 2.44 bits per heavy atom. The summed E-state index contributed by atoms with van der Waals surface area (Å²) < 4.78 is 5.05. The predicted molar refractivity (Wildman–Crippen MR) is 101 cm³/mol. The Kier molecular flexibility index (Phi) is 6.48. The molecular formula is C19H21N3O5. The first-order chi connectivity index (χ1) is 12.8. The summed E-state index contributed by atoms with van der Waals surface area (Å²) in [6.07, 6.45) is 0. The van der Waals surface area contributed by atoms with Crippen molar-refractivity contribution in [2.45, 2.75) is 13.0 Å². The van der Waals surface area contributed by atoms with Crippen LogP contribution in [0, 0.1) is 10.1 Å². The molecule has 0 spiro atoms. The number of nitrogens with zero attached hydrogens (tertiary/aromatic N) is 2. The molecule has 1 N–H and O–H groups in total. The van der Waals surface area contributed by atoms with Crippen molar-refractivity contribution in [1.82, 2.24) is 5.32 Å². The van der Waals surface area contributed by atoms with Crippen LogP contribution in [0.25, 0.3) is 0 Å². The molecule has 27 heavy (non-hydrogen) atoms. The maximum absolute atomic E-state index is 12.4. The maximum Gasteiger partial charge on any atom is 0.341 e. The molecular weight excluding hydrogens is 350 g/mol. The van der Waals surface area contributed by atoms with Crippen LogP contribution in [0.1, 0.15) is 28.9 Å². The summed E-state index contributed by atoms with van der Waals surface area (Å²) in [5.41, 5.74) is 1.18. The molecule has 0 aliphatic carbocycles. The zero-order chi connectivity index (χ0) is 20.0. The van der Waals surface area contributed by atoms with Crippen molar-refractivity contribution >= 4 is 23.3 Å². The Morgan fingerprint density at radius 2 is 1.85 bits per heavy atom. The molecule has 0 saturated carbocycles. The number of nitro benzene ring substituents is 1. The average molecular weight is 371 g/mol. The van der Waals surface area contributed by atoms with Gasteiger partial charge in [-0.2, -0.15) is 0 Å². The van der Waals surface area contributed by atoms with E-state index in [0.29, 0.717) is 5.69 Å². The number of nitrogens with one attached hydrogen (secondary N) is 1. The van der Waals surface area contributed by atoms with Gasteiger partial charge < -0.3 is 15.0 Å². The number of esters is 1. The van der Waals surface area contributed by atoms with E-state index in [0.717, 1.165) is 11.6 Å². The van der Waals surface area contributed by atoms with Gasteiger partial charge in [0, 0.05) is 26.2 Å². The number of rotatable bonds is 7. The van der Waals surface area contributed by atoms with Gasteiger partial charge in [0.1, 0.15) is 0 Å². The van der Waals surface area contributed by atoms with Gasteiger partial charge in [0.05, 0.1) is 22.2 Å². The Labute approximate surface area is 156 Å². The number of hydrogen-bond acceptors (Lipinski definition) is 6. The van der Waals surface area contributed by atoms with E-state index < -0.39 is 23.4 Å². The molecule has 0 aliphatic rings. The van der Waals surface area contributed by atoms with E-state index in [9.17, 15) is 19.7 Å². The third-order valence-electron chi connectivity index (χ3n) is 3.90. The lowest BCUT2D eigenvalue weighted by molar-refractivity contribution is -0.384. The van der Waals surface area contributed by atoms with Crippen LogP contribution >= 0.6 is 0 Å². The zero-order valence-electron chi connectivity index (χ0n) is 15.3. The van der Waals surface area contributed by atoms with Crippen LogP contribution in [0.5, 0.6) is 0 Å². The Bertz CT molecular complexity index is 836. The van der Waals surface area contributed by atoms with Gasteiger partial charge in [-0.1, -0.05) is 30.3 Å². The minimum absolute atomic E-state index is 0.0260. The molecule has 0 saturated heterocycles. The van der Waals surface area contributed by atoms with Gasteiger partial charge in [0.15, 0.2) is 6.61 Å². The lowest BCUT2D eigenvalue weighted by Gasteiger charge is -2.17. The lowest BCUT2D eigenvalue weighted by atomic mass is 10.1. The van der Waals surface area contributed by atoms with Crippen molar-refractivity contribution < 1.29 is 19.2 Å². The fourth-order valence-electron chi connectivity index (χ4n) is 2.51. The molecule has 8 nitrogen and oxygen atoms in total. The molecule has 2 aromatic carbocycles. The Morgan fingerprint density at radius 1 is 1.19 bits per heavy atom. The number of amides is 1. The van der Waals surface area contributed by atoms with Gasteiger partial charge in [-0.15, -0.1) is 0 Å². The minimum atomic E-state index is -0.801. The Hall–Kier alpha value is -3.42.